The molecule has 120 valence electrons. The molecule has 3 N–H and O–H groups in total. The number of hydrogen-bond donors (Lipinski definition) is 2. The third-order valence-corrected chi connectivity index (χ3v) is 3.44. The lowest BCUT2D eigenvalue weighted by Gasteiger charge is -2.23. The molecule has 0 aliphatic heterocycles. The lowest BCUT2D eigenvalue weighted by Crippen LogP contribution is -2.36. The number of nitrogens with two attached hydrogens (primary N) is 1. The van der Waals surface area contributed by atoms with Gasteiger partial charge in [0.15, 0.2) is 0 Å². The van der Waals surface area contributed by atoms with Crippen molar-refractivity contribution in [3.8, 4) is 0 Å². The maximum Gasteiger partial charge on any atom is 0.322 e. The summed E-state index contributed by atoms with van der Waals surface area (Å²) < 4.78 is 0. The molecule has 0 heterocycles. The summed E-state index contributed by atoms with van der Waals surface area (Å²) in [6.45, 7) is 0.636. The molecule has 6 heteroatoms. The third-order valence-electron chi connectivity index (χ3n) is 3.21. The average molecular weight is 332 g/mol. The summed E-state index contributed by atoms with van der Waals surface area (Å²) in [6, 6.07) is 16.1. The zero-order valence-corrected chi connectivity index (χ0v) is 13.3. The Morgan fingerprint density at radius 2 is 1.83 bits per heavy atom. The maximum absolute atomic E-state index is 12.5. The molecule has 0 bridgehead atoms. The lowest BCUT2D eigenvalue weighted by atomic mass is 10.2. The molecule has 0 unspecified atom stereocenters. The van der Waals surface area contributed by atoms with Crippen molar-refractivity contribution >= 4 is 29.2 Å². The fraction of sp³-hybridized carbons (Fsp3) is 0.176. The summed E-state index contributed by atoms with van der Waals surface area (Å²) in [5.41, 5.74) is 6.76. The molecule has 0 saturated heterocycles. The van der Waals surface area contributed by atoms with Gasteiger partial charge in [0, 0.05) is 30.2 Å². The van der Waals surface area contributed by atoms with Crippen molar-refractivity contribution < 1.29 is 9.59 Å². The van der Waals surface area contributed by atoms with E-state index in [-0.39, 0.29) is 19.0 Å². The number of carbonyl (C=O) groups is 2. The predicted molar refractivity (Wildman–Crippen MR) is 91.1 cm³/mol. The molecule has 0 aromatic heterocycles. The molecular weight excluding hydrogens is 314 g/mol. The number of nitrogens with one attached hydrogen (secondary N) is 1. The van der Waals surface area contributed by atoms with Gasteiger partial charge in [-0.2, -0.15) is 0 Å². The molecule has 0 fully saturated rings. The number of carbonyl (C=O) groups excluding carboxylic acids is 2. The zero-order chi connectivity index (χ0) is 16.7. The van der Waals surface area contributed by atoms with Crippen LogP contribution in [0.25, 0.3) is 0 Å². The Bertz CT molecular complexity index is 677. The highest BCUT2D eigenvalue weighted by molar-refractivity contribution is 6.30. The number of nitrogens with zero attached hydrogens (tertiary/aromatic N) is 1. The van der Waals surface area contributed by atoms with E-state index in [9.17, 15) is 9.59 Å². The number of benzene rings is 2. The molecule has 2 rings (SSSR count). The van der Waals surface area contributed by atoms with E-state index in [0.717, 1.165) is 5.56 Å². The van der Waals surface area contributed by atoms with Crippen LogP contribution in [0.5, 0.6) is 0 Å². The van der Waals surface area contributed by atoms with Gasteiger partial charge in [0.25, 0.3) is 0 Å². The normalized spacial score (nSPS) is 10.1. The summed E-state index contributed by atoms with van der Waals surface area (Å²) in [4.78, 5) is 25.0. The maximum atomic E-state index is 12.5. The monoisotopic (exact) mass is 331 g/mol. The van der Waals surface area contributed by atoms with Crippen molar-refractivity contribution in [2.24, 2.45) is 5.73 Å². The van der Waals surface area contributed by atoms with Crippen LogP contribution in [-0.2, 0) is 11.3 Å². The third kappa shape index (κ3) is 5.64. The molecule has 0 aliphatic rings. The van der Waals surface area contributed by atoms with Crippen LogP contribution in [0, 0.1) is 0 Å². The van der Waals surface area contributed by atoms with E-state index in [0.29, 0.717) is 17.3 Å². The van der Waals surface area contributed by atoms with E-state index < -0.39 is 5.91 Å². The standard InChI is InChI=1S/C17H18ClN3O2/c18-14-7-4-8-15(11-14)20-17(23)21(10-9-16(19)22)12-13-5-2-1-3-6-13/h1-8,11H,9-10,12H2,(H2,19,22)(H,20,23). The average Bonchev–Trinajstić information content (AvgIpc) is 2.52. The summed E-state index contributed by atoms with van der Waals surface area (Å²) in [7, 11) is 0. The Morgan fingerprint density at radius 3 is 2.48 bits per heavy atom. The second-order valence-corrected chi connectivity index (χ2v) is 5.50. The van der Waals surface area contributed by atoms with Crippen molar-refractivity contribution in [1.29, 1.82) is 0 Å². The number of urea groups is 1. The predicted octanol–water partition coefficient (Wildman–Crippen LogP) is 3.25. The highest BCUT2D eigenvalue weighted by Gasteiger charge is 2.15. The minimum Gasteiger partial charge on any atom is -0.370 e. The molecule has 0 atom stereocenters. The van der Waals surface area contributed by atoms with Crippen molar-refractivity contribution in [1.82, 2.24) is 4.90 Å². The largest absolute Gasteiger partial charge is 0.370 e. The summed E-state index contributed by atoms with van der Waals surface area (Å²) >= 11 is 5.91. The Morgan fingerprint density at radius 1 is 1.09 bits per heavy atom. The second-order valence-electron chi connectivity index (χ2n) is 5.06. The van der Waals surface area contributed by atoms with Gasteiger partial charge in [0.2, 0.25) is 5.91 Å². The molecule has 5 nitrogen and oxygen atoms in total. The van der Waals surface area contributed by atoms with Crippen LogP contribution in [-0.4, -0.2) is 23.4 Å². The highest BCUT2D eigenvalue weighted by Crippen LogP contribution is 2.16. The number of halogens is 1. The van der Waals surface area contributed by atoms with Crippen LogP contribution in [0.15, 0.2) is 54.6 Å². The smallest absolute Gasteiger partial charge is 0.322 e. The van der Waals surface area contributed by atoms with Gasteiger partial charge in [-0.05, 0) is 23.8 Å². The van der Waals surface area contributed by atoms with Gasteiger partial charge in [0.05, 0.1) is 0 Å². The molecule has 23 heavy (non-hydrogen) atoms. The lowest BCUT2D eigenvalue weighted by molar-refractivity contribution is -0.118. The SMILES string of the molecule is NC(=O)CCN(Cc1ccccc1)C(=O)Nc1cccc(Cl)c1. The molecule has 2 aromatic carbocycles. The molecule has 0 radical (unpaired) electrons. The molecule has 0 aliphatic carbocycles. The van der Waals surface area contributed by atoms with Crippen LogP contribution >= 0.6 is 11.6 Å². The van der Waals surface area contributed by atoms with Crippen LogP contribution in [0.4, 0.5) is 10.5 Å². The zero-order valence-electron chi connectivity index (χ0n) is 12.5. The first kappa shape index (κ1) is 16.8. The fourth-order valence-electron chi connectivity index (χ4n) is 2.07. The van der Waals surface area contributed by atoms with Gasteiger partial charge in [0.1, 0.15) is 0 Å². The summed E-state index contributed by atoms with van der Waals surface area (Å²) in [6.07, 6.45) is 0.107. The van der Waals surface area contributed by atoms with E-state index in [2.05, 4.69) is 5.32 Å². The van der Waals surface area contributed by atoms with Crippen LogP contribution < -0.4 is 11.1 Å². The minimum absolute atomic E-state index is 0.107. The van der Waals surface area contributed by atoms with Gasteiger partial charge in [-0.15, -0.1) is 0 Å². The van der Waals surface area contributed by atoms with Gasteiger partial charge in [-0.3, -0.25) is 4.79 Å². The number of amides is 3. The first-order chi connectivity index (χ1) is 11.0. The number of hydrogen-bond acceptors (Lipinski definition) is 2. The molecule has 0 spiro atoms. The van der Waals surface area contributed by atoms with Crippen LogP contribution in [0.1, 0.15) is 12.0 Å². The van der Waals surface area contributed by atoms with Gasteiger partial charge in [-0.1, -0.05) is 48.0 Å². The Balaban J connectivity index is 2.08. The first-order valence-corrected chi connectivity index (χ1v) is 7.56. The van der Waals surface area contributed by atoms with Gasteiger partial charge >= 0.3 is 6.03 Å². The minimum atomic E-state index is -0.446. The number of primary amides is 1. The van der Waals surface area contributed by atoms with Crippen molar-refractivity contribution in [3.05, 3.63) is 65.2 Å². The topological polar surface area (TPSA) is 75.4 Å². The first-order valence-electron chi connectivity index (χ1n) is 7.18. The van der Waals surface area contributed by atoms with Crippen molar-refractivity contribution in [3.63, 3.8) is 0 Å². The van der Waals surface area contributed by atoms with Crippen LogP contribution in [0.2, 0.25) is 5.02 Å². The highest BCUT2D eigenvalue weighted by atomic mass is 35.5. The molecule has 2 aromatic rings. The van der Waals surface area contributed by atoms with Crippen molar-refractivity contribution in [2.45, 2.75) is 13.0 Å². The summed E-state index contributed by atoms with van der Waals surface area (Å²) in [5.74, 6) is -0.446. The summed E-state index contributed by atoms with van der Waals surface area (Å²) in [5, 5.41) is 3.31. The van der Waals surface area contributed by atoms with Crippen LogP contribution in [0.3, 0.4) is 0 Å². The van der Waals surface area contributed by atoms with E-state index >= 15 is 0 Å². The Hall–Kier alpha value is -2.53. The Kier molecular flexibility index (Phi) is 6.00. The van der Waals surface area contributed by atoms with Gasteiger partial charge in [-0.25, -0.2) is 4.79 Å². The molecule has 0 saturated carbocycles. The molecule has 3 amide bonds. The van der Waals surface area contributed by atoms with Gasteiger partial charge < -0.3 is 16.0 Å². The van der Waals surface area contributed by atoms with E-state index in [1.165, 1.54) is 0 Å². The van der Waals surface area contributed by atoms with E-state index in [4.69, 9.17) is 17.3 Å². The second kappa shape index (κ2) is 8.19. The molecular formula is C17H18ClN3O2. The van der Waals surface area contributed by atoms with E-state index in [1.807, 2.05) is 30.3 Å². The van der Waals surface area contributed by atoms with E-state index in [1.54, 1.807) is 29.2 Å². The van der Waals surface area contributed by atoms with Crippen molar-refractivity contribution in [2.75, 3.05) is 11.9 Å². The fourth-order valence-corrected chi connectivity index (χ4v) is 2.26. The quantitative estimate of drug-likeness (QED) is 0.852. The number of anilines is 1. The number of rotatable bonds is 6. The Labute approximate surface area is 140 Å².